The molecule has 2 aromatic heterocycles. The second-order valence-corrected chi connectivity index (χ2v) is 7.80. The van der Waals surface area contributed by atoms with Gasteiger partial charge in [0.15, 0.2) is 0 Å². The topological polar surface area (TPSA) is 94.4 Å². The molecule has 3 N–H and O–H groups in total. The van der Waals surface area contributed by atoms with Crippen molar-refractivity contribution in [2.75, 3.05) is 0 Å². The first-order valence-electron chi connectivity index (χ1n) is 8.82. The van der Waals surface area contributed by atoms with Crippen LogP contribution >= 0.6 is 0 Å². The van der Waals surface area contributed by atoms with Crippen LogP contribution in [0.1, 0.15) is 48.8 Å². The fraction of sp³-hybridized carbons (Fsp3) is 0.286. The Kier molecular flexibility index (Phi) is 4.74. The normalized spacial score (nSPS) is 13.4. The van der Waals surface area contributed by atoms with Crippen LogP contribution < -0.4 is 21.8 Å². The Bertz CT molecular complexity index is 1220. The Morgan fingerprint density at radius 3 is 2.22 bits per heavy atom. The molecule has 3 aromatic rings. The van der Waals surface area contributed by atoms with E-state index in [2.05, 4.69) is 19.9 Å². The Labute approximate surface area is 156 Å². The maximum absolute atomic E-state index is 12.5. The standard InChI is InChI=1S/C21H24N4O2/c1-12-6-7-13(2)14(8-12)9-16-19(26)25-17(20(27)24-16)10-15-18(21(3,4)5)23-11-22-15/h6-11H,1-5H3,(H,22,23)(H,24,27)(H,25,26)/b16-9-,17-10-. The quantitative estimate of drug-likeness (QED) is 0.641. The molecule has 6 heteroatoms. The third kappa shape index (κ3) is 4.00. The molecule has 0 aliphatic carbocycles. The van der Waals surface area contributed by atoms with E-state index in [-0.39, 0.29) is 27.2 Å². The first kappa shape index (κ1) is 18.6. The van der Waals surface area contributed by atoms with Crippen molar-refractivity contribution in [1.29, 1.82) is 0 Å². The van der Waals surface area contributed by atoms with Crippen LogP contribution in [0, 0.1) is 13.8 Å². The lowest BCUT2D eigenvalue weighted by atomic mass is 9.90. The Hall–Kier alpha value is -3.15. The number of H-pyrrole nitrogens is 3. The van der Waals surface area contributed by atoms with Gasteiger partial charge in [-0.3, -0.25) is 9.59 Å². The summed E-state index contributed by atoms with van der Waals surface area (Å²) in [7, 11) is 0. The maximum Gasteiger partial charge on any atom is 0.272 e. The number of benzene rings is 1. The number of hydrogen-bond acceptors (Lipinski definition) is 3. The molecule has 0 unspecified atom stereocenters. The highest BCUT2D eigenvalue weighted by molar-refractivity contribution is 5.53. The van der Waals surface area contributed by atoms with Crippen LogP contribution in [-0.4, -0.2) is 19.9 Å². The molecule has 6 nitrogen and oxygen atoms in total. The molecule has 0 amide bonds. The number of nitrogens with one attached hydrogen (secondary N) is 3. The Morgan fingerprint density at radius 1 is 0.963 bits per heavy atom. The molecule has 0 bridgehead atoms. The summed E-state index contributed by atoms with van der Waals surface area (Å²) in [6.45, 7) is 10.1. The van der Waals surface area contributed by atoms with Crippen LogP contribution in [0.5, 0.6) is 0 Å². The minimum Gasteiger partial charge on any atom is -0.348 e. The summed E-state index contributed by atoms with van der Waals surface area (Å²) >= 11 is 0. The highest BCUT2D eigenvalue weighted by atomic mass is 16.1. The van der Waals surface area contributed by atoms with E-state index in [4.69, 9.17) is 0 Å². The van der Waals surface area contributed by atoms with E-state index in [1.807, 2.05) is 52.8 Å². The van der Waals surface area contributed by atoms with Crippen LogP contribution in [0.4, 0.5) is 0 Å². The smallest absolute Gasteiger partial charge is 0.272 e. The number of aryl methyl sites for hydroxylation is 2. The molecule has 27 heavy (non-hydrogen) atoms. The largest absolute Gasteiger partial charge is 0.348 e. The van der Waals surface area contributed by atoms with Crippen LogP contribution in [0.2, 0.25) is 0 Å². The zero-order chi connectivity index (χ0) is 19.8. The van der Waals surface area contributed by atoms with Gasteiger partial charge in [-0.05, 0) is 37.1 Å². The molecule has 0 aliphatic rings. The number of aromatic amines is 3. The molecule has 0 aliphatic heterocycles. The van der Waals surface area contributed by atoms with Crippen molar-refractivity contribution in [3.05, 3.63) is 84.0 Å². The molecule has 1 aromatic carbocycles. The van der Waals surface area contributed by atoms with Gasteiger partial charge < -0.3 is 15.0 Å². The van der Waals surface area contributed by atoms with Gasteiger partial charge >= 0.3 is 0 Å². The lowest BCUT2D eigenvalue weighted by molar-refractivity contribution is 0.571. The second-order valence-electron chi connectivity index (χ2n) is 7.80. The SMILES string of the molecule is Cc1ccc(C)c(/C=c2\[nH]c(=O)/c(=C/c3nc[nH]c3C(C)(C)C)[nH]c2=O)c1. The molecule has 140 valence electrons. The molecule has 0 radical (unpaired) electrons. The van der Waals surface area contributed by atoms with Crippen molar-refractivity contribution in [3.8, 4) is 0 Å². The predicted molar refractivity (Wildman–Crippen MR) is 107 cm³/mol. The van der Waals surface area contributed by atoms with Crippen molar-refractivity contribution in [2.45, 2.75) is 40.0 Å². The predicted octanol–water partition coefficient (Wildman–Crippen LogP) is 1.36. The van der Waals surface area contributed by atoms with Gasteiger partial charge in [0.05, 0.1) is 12.0 Å². The fourth-order valence-electron chi connectivity index (χ4n) is 2.92. The van der Waals surface area contributed by atoms with Crippen LogP contribution in [0.15, 0.2) is 34.1 Å². The Balaban J connectivity index is 2.16. The summed E-state index contributed by atoms with van der Waals surface area (Å²) in [5.74, 6) is 0. The van der Waals surface area contributed by atoms with Gasteiger partial charge in [-0.15, -0.1) is 0 Å². The van der Waals surface area contributed by atoms with Gasteiger partial charge in [0.2, 0.25) is 0 Å². The van der Waals surface area contributed by atoms with Crippen LogP contribution in [0.3, 0.4) is 0 Å². The molecular weight excluding hydrogens is 340 g/mol. The summed E-state index contributed by atoms with van der Waals surface area (Å²) in [6, 6.07) is 5.97. The number of hydrogen-bond donors (Lipinski definition) is 3. The molecule has 2 heterocycles. The zero-order valence-electron chi connectivity index (χ0n) is 16.2. The van der Waals surface area contributed by atoms with Gasteiger partial charge in [0.25, 0.3) is 11.1 Å². The summed E-state index contributed by atoms with van der Waals surface area (Å²) in [5, 5.41) is 0.402. The second kappa shape index (κ2) is 6.87. The van der Waals surface area contributed by atoms with Crippen molar-refractivity contribution < 1.29 is 0 Å². The van der Waals surface area contributed by atoms with Crippen molar-refractivity contribution in [3.63, 3.8) is 0 Å². The highest BCUT2D eigenvalue weighted by Crippen LogP contribution is 2.22. The average molecular weight is 364 g/mol. The first-order valence-corrected chi connectivity index (χ1v) is 8.82. The van der Waals surface area contributed by atoms with E-state index >= 15 is 0 Å². The molecule has 0 spiro atoms. The summed E-state index contributed by atoms with van der Waals surface area (Å²) in [5.41, 5.74) is 3.67. The van der Waals surface area contributed by atoms with Gasteiger partial charge in [-0.2, -0.15) is 0 Å². The number of imidazole rings is 1. The molecule has 0 atom stereocenters. The molecule has 0 fully saturated rings. The van der Waals surface area contributed by atoms with Gasteiger partial charge in [0.1, 0.15) is 10.7 Å². The minimum atomic E-state index is -0.367. The summed E-state index contributed by atoms with van der Waals surface area (Å²) in [6.07, 6.45) is 4.88. The number of rotatable bonds is 2. The third-order valence-corrected chi connectivity index (χ3v) is 4.42. The monoisotopic (exact) mass is 364 g/mol. The first-order chi connectivity index (χ1) is 12.6. The summed E-state index contributed by atoms with van der Waals surface area (Å²) < 4.78 is 0. The van der Waals surface area contributed by atoms with E-state index in [1.54, 1.807) is 18.5 Å². The Morgan fingerprint density at radius 2 is 1.59 bits per heavy atom. The van der Waals surface area contributed by atoms with E-state index in [1.165, 1.54) is 0 Å². The molecule has 0 saturated carbocycles. The molecular formula is C21H24N4O2. The zero-order valence-corrected chi connectivity index (χ0v) is 16.2. The lowest BCUT2D eigenvalue weighted by Crippen LogP contribution is -2.46. The fourth-order valence-corrected chi connectivity index (χ4v) is 2.92. The number of aromatic nitrogens is 4. The van der Waals surface area contributed by atoms with Gasteiger partial charge in [0, 0.05) is 11.1 Å². The molecule has 0 saturated heterocycles. The van der Waals surface area contributed by atoms with Crippen molar-refractivity contribution in [2.24, 2.45) is 0 Å². The van der Waals surface area contributed by atoms with E-state index < -0.39 is 0 Å². The maximum atomic E-state index is 12.5. The van der Waals surface area contributed by atoms with Crippen molar-refractivity contribution in [1.82, 2.24) is 19.9 Å². The summed E-state index contributed by atoms with van der Waals surface area (Å²) in [4.78, 5) is 37.7. The van der Waals surface area contributed by atoms with Crippen molar-refractivity contribution >= 4 is 12.2 Å². The number of nitrogens with zero attached hydrogens (tertiary/aromatic N) is 1. The lowest BCUT2D eigenvalue weighted by Gasteiger charge is -2.16. The molecule has 3 rings (SSSR count). The highest BCUT2D eigenvalue weighted by Gasteiger charge is 2.19. The van der Waals surface area contributed by atoms with Gasteiger partial charge in [-0.1, -0.05) is 44.5 Å². The van der Waals surface area contributed by atoms with E-state index in [9.17, 15) is 9.59 Å². The third-order valence-electron chi connectivity index (χ3n) is 4.42. The van der Waals surface area contributed by atoms with E-state index in [0.29, 0.717) is 5.69 Å². The van der Waals surface area contributed by atoms with Gasteiger partial charge in [-0.25, -0.2) is 4.98 Å². The average Bonchev–Trinajstić information content (AvgIpc) is 3.04. The van der Waals surface area contributed by atoms with Crippen LogP contribution in [0.25, 0.3) is 12.2 Å². The van der Waals surface area contributed by atoms with Crippen LogP contribution in [-0.2, 0) is 5.41 Å². The minimum absolute atomic E-state index is 0.161. The van der Waals surface area contributed by atoms with E-state index in [0.717, 1.165) is 22.4 Å².